The van der Waals surface area contributed by atoms with E-state index in [-0.39, 0.29) is 6.61 Å². The van der Waals surface area contributed by atoms with Crippen molar-refractivity contribution >= 4 is 29.7 Å². The van der Waals surface area contributed by atoms with E-state index in [1.807, 2.05) is 64.1 Å². The SMILES string of the molecule is CCS[C@@H]1O[C@@H](COC(=O)c2ccc(C)cc2)[C@H](OC(=O)c2ccc(C)cc2)[C@H]1OC(=O)c1ccc(C)cc1. The molecular formula is C31H32O7S. The van der Waals surface area contributed by atoms with Gasteiger partial charge in [-0.2, -0.15) is 0 Å². The maximum atomic E-state index is 13.1. The fourth-order valence-electron chi connectivity index (χ4n) is 4.09. The molecule has 0 saturated carbocycles. The number of carbonyl (C=O) groups excluding carboxylic acids is 3. The summed E-state index contributed by atoms with van der Waals surface area (Å²) in [4.78, 5) is 38.9. The minimum atomic E-state index is -0.997. The minimum absolute atomic E-state index is 0.183. The zero-order valence-corrected chi connectivity index (χ0v) is 23.2. The lowest BCUT2D eigenvalue weighted by molar-refractivity contribution is -0.0435. The van der Waals surface area contributed by atoms with Crippen LogP contribution in [0.25, 0.3) is 0 Å². The van der Waals surface area contributed by atoms with E-state index >= 15 is 0 Å². The van der Waals surface area contributed by atoms with Gasteiger partial charge in [-0.25, -0.2) is 14.4 Å². The predicted octanol–water partition coefficient (Wildman–Crippen LogP) is 5.70. The van der Waals surface area contributed by atoms with Gasteiger partial charge in [0.25, 0.3) is 0 Å². The fraction of sp³-hybridized carbons (Fsp3) is 0.323. The Morgan fingerprint density at radius 3 is 1.51 bits per heavy atom. The Balaban J connectivity index is 1.57. The minimum Gasteiger partial charge on any atom is -0.459 e. The first kappa shape index (κ1) is 28.4. The molecule has 0 aliphatic carbocycles. The van der Waals surface area contributed by atoms with Crippen LogP contribution in [-0.4, -0.2) is 54.0 Å². The summed E-state index contributed by atoms with van der Waals surface area (Å²) in [5.41, 5.74) is 3.53. The molecule has 1 aliphatic rings. The second-order valence-corrected chi connectivity index (χ2v) is 10.8. The highest BCUT2D eigenvalue weighted by Crippen LogP contribution is 2.35. The second-order valence-electron chi connectivity index (χ2n) is 9.43. The number of hydrogen-bond donors (Lipinski definition) is 0. The van der Waals surface area contributed by atoms with Crippen molar-refractivity contribution in [2.45, 2.75) is 51.4 Å². The molecule has 3 aromatic carbocycles. The van der Waals surface area contributed by atoms with Crippen LogP contribution in [0.3, 0.4) is 0 Å². The Morgan fingerprint density at radius 1 is 0.667 bits per heavy atom. The summed E-state index contributed by atoms with van der Waals surface area (Å²) < 4.78 is 23.5. The van der Waals surface area contributed by atoms with Crippen LogP contribution < -0.4 is 0 Å². The monoisotopic (exact) mass is 548 g/mol. The zero-order chi connectivity index (χ0) is 27.9. The summed E-state index contributed by atoms with van der Waals surface area (Å²) in [6.07, 6.45) is -2.75. The number of carbonyl (C=O) groups is 3. The molecule has 0 spiro atoms. The van der Waals surface area contributed by atoms with E-state index in [4.69, 9.17) is 18.9 Å². The van der Waals surface area contributed by atoms with Gasteiger partial charge in [-0.1, -0.05) is 60.0 Å². The van der Waals surface area contributed by atoms with Gasteiger partial charge in [0.2, 0.25) is 0 Å². The maximum Gasteiger partial charge on any atom is 0.338 e. The number of aryl methyl sites for hydroxylation is 3. The van der Waals surface area contributed by atoms with Crippen LogP contribution in [0.4, 0.5) is 0 Å². The van der Waals surface area contributed by atoms with Crippen LogP contribution in [-0.2, 0) is 18.9 Å². The largest absolute Gasteiger partial charge is 0.459 e. The van der Waals surface area contributed by atoms with Crippen molar-refractivity contribution in [2.24, 2.45) is 0 Å². The van der Waals surface area contributed by atoms with E-state index in [0.29, 0.717) is 22.4 Å². The number of hydrogen-bond acceptors (Lipinski definition) is 8. The maximum absolute atomic E-state index is 13.1. The number of esters is 3. The van der Waals surface area contributed by atoms with Crippen LogP contribution in [0.2, 0.25) is 0 Å². The lowest BCUT2D eigenvalue weighted by Gasteiger charge is -2.24. The molecule has 204 valence electrons. The summed E-state index contributed by atoms with van der Waals surface area (Å²) in [6.45, 7) is 7.54. The van der Waals surface area contributed by atoms with E-state index < -0.39 is 41.7 Å². The summed E-state index contributed by atoms with van der Waals surface area (Å²) >= 11 is 1.42. The van der Waals surface area contributed by atoms with Gasteiger partial charge in [0.15, 0.2) is 12.2 Å². The van der Waals surface area contributed by atoms with Crippen molar-refractivity contribution in [1.82, 2.24) is 0 Å². The molecule has 3 aromatic rings. The van der Waals surface area contributed by atoms with Gasteiger partial charge < -0.3 is 18.9 Å². The topological polar surface area (TPSA) is 88.1 Å². The van der Waals surface area contributed by atoms with Gasteiger partial charge in [0.05, 0.1) is 16.7 Å². The first-order valence-electron chi connectivity index (χ1n) is 12.8. The highest BCUT2D eigenvalue weighted by atomic mass is 32.2. The molecule has 1 heterocycles. The molecule has 0 N–H and O–H groups in total. The molecular weight excluding hydrogens is 516 g/mol. The predicted molar refractivity (Wildman–Crippen MR) is 149 cm³/mol. The number of thioether (sulfide) groups is 1. The molecule has 0 amide bonds. The van der Waals surface area contributed by atoms with Crippen molar-refractivity contribution in [3.8, 4) is 0 Å². The van der Waals surface area contributed by atoms with Crippen LogP contribution >= 0.6 is 11.8 Å². The zero-order valence-electron chi connectivity index (χ0n) is 22.4. The van der Waals surface area contributed by atoms with Crippen molar-refractivity contribution in [2.75, 3.05) is 12.4 Å². The molecule has 4 atom stereocenters. The van der Waals surface area contributed by atoms with Crippen molar-refractivity contribution in [1.29, 1.82) is 0 Å². The molecule has 0 unspecified atom stereocenters. The highest BCUT2D eigenvalue weighted by molar-refractivity contribution is 7.99. The molecule has 1 fully saturated rings. The quantitative estimate of drug-likeness (QED) is 0.249. The van der Waals surface area contributed by atoms with E-state index in [1.165, 1.54) is 11.8 Å². The third kappa shape index (κ3) is 7.28. The average Bonchev–Trinajstić information content (AvgIpc) is 3.23. The van der Waals surface area contributed by atoms with E-state index in [9.17, 15) is 14.4 Å². The van der Waals surface area contributed by atoms with Crippen LogP contribution in [0.5, 0.6) is 0 Å². The number of rotatable bonds is 9. The number of benzene rings is 3. The van der Waals surface area contributed by atoms with Crippen molar-refractivity contribution in [3.05, 3.63) is 106 Å². The molecule has 0 aromatic heterocycles. The summed E-state index contributed by atoms with van der Waals surface area (Å²) in [5.74, 6) is -1.00. The molecule has 0 radical (unpaired) electrons. The first-order chi connectivity index (χ1) is 18.7. The summed E-state index contributed by atoms with van der Waals surface area (Å²) in [6, 6.07) is 21.0. The van der Waals surface area contributed by atoms with Crippen molar-refractivity contribution < 1.29 is 33.3 Å². The Morgan fingerprint density at radius 2 is 1.08 bits per heavy atom. The third-order valence-corrected chi connectivity index (χ3v) is 7.37. The molecule has 1 aliphatic heterocycles. The van der Waals surface area contributed by atoms with E-state index in [0.717, 1.165) is 16.7 Å². The van der Waals surface area contributed by atoms with Gasteiger partial charge >= 0.3 is 17.9 Å². The molecule has 0 bridgehead atoms. The highest BCUT2D eigenvalue weighted by Gasteiger charge is 2.50. The third-order valence-electron chi connectivity index (χ3n) is 6.33. The lowest BCUT2D eigenvalue weighted by atomic mass is 10.1. The van der Waals surface area contributed by atoms with Gasteiger partial charge in [0, 0.05) is 0 Å². The summed E-state index contributed by atoms with van der Waals surface area (Å²) in [5, 5.41) is 0. The molecule has 39 heavy (non-hydrogen) atoms. The van der Waals surface area contributed by atoms with Gasteiger partial charge in [0.1, 0.15) is 18.1 Å². The Labute approximate surface area is 232 Å². The van der Waals surface area contributed by atoms with Gasteiger partial charge in [-0.3, -0.25) is 0 Å². The molecule has 7 nitrogen and oxygen atoms in total. The Hall–Kier alpha value is -3.62. The fourth-order valence-corrected chi connectivity index (χ4v) is 5.03. The molecule has 1 saturated heterocycles. The van der Waals surface area contributed by atoms with Gasteiger partial charge in [-0.15, -0.1) is 11.8 Å². The van der Waals surface area contributed by atoms with Crippen LogP contribution in [0, 0.1) is 20.8 Å². The normalized spacial score (nSPS) is 20.3. The average molecular weight is 549 g/mol. The van der Waals surface area contributed by atoms with E-state index in [1.54, 1.807) is 36.4 Å². The summed E-state index contributed by atoms with van der Waals surface area (Å²) in [7, 11) is 0. The van der Waals surface area contributed by atoms with Crippen LogP contribution in [0.15, 0.2) is 72.8 Å². The Kier molecular flexibility index (Phi) is 9.43. The van der Waals surface area contributed by atoms with Crippen molar-refractivity contribution in [3.63, 3.8) is 0 Å². The number of ether oxygens (including phenoxy) is 4. The lowest BCUT2D eigenvalue weighted by Crippen LogP contribution is -2.41. The van der Waals surface area contributed by atoms with Gasteiger partial charge in [-0.05, 0) is 62.9 Å². The first-order valence-corrected chi connectivity index (χ1v) is 13.9. The standard InChI is InChI=1S/C31H32O7S/c1-5-39-31-27(38-30(34)24-16-10-21(4)11-17-24)26(37-29(33)23-14-8-20(3)9-15-23)25(36-31)18-35-28(32)22-12-6-19(2)7-13-22/h6-17,25-27,31H,5,18H2,1-4H3/t25-,26-,27+,31-/m0/s1. The van der Waals surface area contributed by atoms with E-state index in [2.05, 4.69) is 0 Å². The Bertz CT molecular complexity index is 1290. The second kappa shape index (κ2) is 13.0. The van der Waals surface area contributed by atoms with Crippen LogP contribution in [0.1, 0.15) is 54.7 Å². The molecule has 4 rings (SSSR count). The smallest absolute Gasteiger partial charge is 0.338 e. The molecule has 8 heteroatoms.